The molecule has 2 atom stereocenters. The first-order valence-corrected chi connectivity index (χ1v) is 8.68. The molecule has 0 fully saturated rings. The molecule has 0 spiro atoms. The first-order valence-electron chi connectivity index (χ1n) is 8.68. The minimum Gasteiger partial charge on any atom is -0.467 e. The first kappa shape index (κ1) is 22.3. The summed E-state index contributed by atoms with van der Waals surface area (Å²) >= 11 is 0. The Morgan fingerprint density at radius 2 is 1.70 bits per heavy atom. The van der Waals surface area contributed by atoms with Gasteiger partial charge in [0, 0.05) is 26.2 Å². The van der Waals surface area contributed by atoms with E-state index in [0.717, 1.165) is 0 Å². The number of methoxy groups -OCH3 is 1. The molecule has 7 nitrogen and oxygen atoms in total. The minimum atomic E-state index is -0.998. The summed E-state index contributed by atoms with van der Waals surface area (Å²) in [6.45, 7) is 2.98. The number of rotatable bonds is 10. The number of benzene rings is 1. The van der Waals surface area contributed by atoms with Gasteiger partial charge in [-0.05, 0) is 24.1 Å². The zero-order valence-corrected chi connectivity index (χ0v) is 15.7. The molecule has 0 saturated heterocycles. The van der Waals surface area contributed by atoms with E-state index in [2.05, 4.69) is 15.4 Å². The second kappa shape index (κ2) is 11.1. The Morgan fingerprint density at radius 3 is 2.22 bits per heavy atom. The largest absolute Gasteiger partial charge is 0.467 e. The van der Waals surface area contributed by atoms with E-state index in [1.807, 2.05) is 0 Å². The van der Waals surface area contributed by atoms with Crippen LogP contribution in [0.15, 0.2) is 24.3 Å². The molecule has 148 valence electrons. The number of ketones is 1. The second-order valence-corrected chi connectivity index (χ2v) is 6.10. The van der Waals surface area contributed by atoms with Crippen LogP contribution in [0.1, 0.15) is 38.7 Å². The van der Waals surface area contributed by atoms with E-state index in [1.165, 1.54) is 38.3 Å². The van der Waals surface area contributed by atoms with Crippen LogP contribution in [-0.2, 0) is 30.3 Å². The summed E-state index contributed by atoms with van der Waals surface area (Å²) in [5, 5.41) is 5.05. The predicted octanol–water partition coefficient (Wildman–Crippen LogP) is 1.29. The Labute approximate surface area is 157 Å². The SMILES string of the molecule is CCC(=O)CC[C@H](NC(=O)[C@H](Cc1ccc(F)cc1)NC(C)=O)C(=O)OC. The normalized spacial score (nSPS) is 12.6. The highest BCUT2D eigenvalue weighted by Crippen LogP contribution is 2.08. The zero-order chi connectivity index (χ0) is 20.4. The molecule has 0 radical (unpaired) electrons. The summed E-state index contributed by atoms with van der Waals surface area (Å²) < 4.78 is 17.7. The van der Waals surface area contributed by atoms with Crippen LogP contribution in [0.2, 0.25) is 0 Å². The number of nitrogens with one attached hydrogen (secondary N) is 2. The van der Waals surface area contributed by atoms with Gasteiger partial charge in [-0.2, -0.15) is 0 Å². The van der Waals surface area contributed by atoms with E-state index in [4.69, 9.17) is 0 Å². The molecule has 8 heteroatoms. The van der Waals surface area contributed by atoms with Crippen LogP contribution in [0.4, 0.5) is 4.39 Å². The van der Waals surface area contributed by atoms with Crippen LogP contribution in [-0.4, -0.2) is 42.8 Å². The van der Waals surface area contributed by atoms with Gasteiger partial charge in [-0.15, -0.1) is 0 Å². The Balaban J connectivity index is 2.86. The summed E-state index contributed by atoms with van der Waals surface area (Å²) in [5.74, 6) is -2.13. The van der Waals surface area contributed by atoms with Gasteiger partial charge in [0.05, 0.1) is 7.11 Å². The Morgan fingerprint density at radius 1 is 1.07 bits per heavy atom. The molecule has 2 N–H and O–H groups in total. The van der Waals surface area contributed by atoms with Crippen LogP contribution in [0.3, 0.4) is 0 Å². The van der Waals surface area contributed by atoms with Gasteiger partial charge in [0.25, 0.3) is 0 Å². The van der Waals surface area contributed by atoms with Gasteiger partial charge in [-0.1, -0.05) is 19.1 Å². The average Bonchev–Trinajstić information content (AvgIpc) is 2.64. The third-order valence-electron chi connectivity index (χ3n) is 3.96. The highest BCUT2D eigenvalue weighted by molar-refractivity contribution is 5.90. The number of carbonyl (C=O) groups is 4. The number of amides is 2. The molecular weight excluding hydrogens is 355 g/mol. The van der Waals surface area contributed by atoms with Crippen molar-refractivity contribution in [2.75, 3.05) is 7.11 Å². The van der Waals surface area contributed by atoms with E-state index in [-0.39, 0.29) is 25.0 Å². The number of carbonyl (C=O) groups excluding carboxylic acids is 4. The van der Waals surface area contributed by atoms with Gasteiger partial charge in [0.1, 0.15) is 23.7 Å². The van der Waals surface area contributed by atoms with Gasteiger partial charge < -0.3 is 15.4 Å². The summed E-state index contributed by atoms with van der Waals surface area (Å²) in [4.78, 5) is 47.5. The van der Waals surface area contributed by atoms with Crippen molar-refractivity contribution >= 4 is 23.6 Å². The molecule has 0 heterocycles. The number of halogens is 1. The van der Waals surface area contributed by atoms with Crippen LogP contribution >= 0.6 is 0 Å². The van der Waals surface area contributed by atoms with E-state index < -0.39 is 35.7 Å². The third kappa shape index (κ3) is 7.98. The highest BCUT2D eigenvalue weighted by atomic mass is 19.1. The molecule has 2 amide bonds. The lowest BCUT2D eigenvalue weighted by atomic mass is 10.0. The lowest BCUT2D eigenvalue weighted by Gasteiger charge is -2.22. The molecule has 0 aliphatic carbocycles. The number of hydrogen-bond acceptors (Lipinski definition) is 5. The fourth-order valence-electron chi connectivity index (χ4n) is 2.46. The number of hydrogen-bond donors (Lipinski definition) is 2. The minimum absolute atomic E-state index is 0.0390. The van der Waals surface area contributed by atoms with Crippen molar-refractivity contribution in [3.8, 4) is 0 Å². The van der Waals surface area contributed by atoms with Crippen LogP contribution in [0.5, 0.6) is 0 Å². The molecular formula is C19H25FN2O5. The molecule has 0 aliphatic heterocycles. The monoisotopic (exact) mass is 380 g/mol. The van der Waals surface area contributed by atoms with Crippen LogP contribution in [0.25, 0.3) is 0 Å². The predicted molar refractivity (Wildman–Crippen MR) is 96.2 cm³/mol. The molecule has 0 bridgehead atoms. The van der Waals surface area contributed by atoms with Crippen molar-refractivity contribution in [3.05, 3.63) is 35.6 Å². The number of ether oxygens (including phenoxy) is 1. The lowest BCUT2D eigenvalue weighted by molar-refractivity contribution is -0.145. The number of esters is 1. The van der Waals surface area contributed by atoms with Crippen molar-refractivity contribution < 1.29 is 28.3 Å². The third-order valence-corrected chi connectivity index (χ3v) is 3.96. The van der Waals surface area contributed by atoms with Gasteiger partial charge in [0.15, 0.2) is 0 Å². The van der Waals surface area contributed by atoms with Crippen LogP contribution in [0, 0.1) is 5.82 Å². The quantitative estimate of drug-likeness (QED) is 0.596. The molecule has 27 heavy (non-hydrogen) atoms. The fraction of sp³-hybridized carbons (Fsp3) is 0.474. The van der Waals surface area contributed by atoms with E-state index in [9.17, 15) is 23.6 Å². The number of Topliss-reactive ketones (excluding diaryl/α,β-unsaturated/α-hetero) is 1. The fourth-order valence-corrected chi connectivity index (χ4v) is 2.46. The zero-order valence-electron chi connectivity index (χ0n) is 15.7. The van der Waals surface area contributed by atoms with Gasteiger partial charge >= 0.3 is 5.97 Å². The Bertz CT molecular complexity index is 675. The second-order valence-electron chi connectivity index (χ2n) is 6.10. The van der Waals surface area contributed by atoms with Crippen molar-refractivity contribution in [1.82, 2.24) is 10.6 Å². The standard InChI is InChI=1S/C19H25FN2O5/c1-4-15(24)9-10-16(19(26)27-3)22-18(25)17(21-12(2)23)11-13-5-7-14(20)8-6-13/h5-8,16-17H,4,9-11H2,1-3H3,(H,21,23)(H,22,25)/t16-,17-/m0/s1. The molecule has 0 aliphatic rings. The molecule has 0 saturated carbocycles. The summed E-state index contributed by atoms with van der Waals surface area (Å²) in [6, 6.07) is 3.58. The van der Waals surface area contributed by atoms with E-state index in [1.54, 1.807) is 6.92 Å². The lowest BCUT2D eigenvalue weighted by Crippen LogP contribution is -2.52. The summed E-state index contributed by atoms with van der Waals surface area (Å²) in [5.41, 5.74) is 0.640. The van der Waals surface area contributed by atoms with E-state index >= 15 is 0 Å². The average molecular weight is 380 g/mol. The van der Waals surface area contributed by atoms with Crippen molar-refractivity contribution in [2.24, 2.45) is 0 Å². The van der Waals surface area contributed by atoms with Crippen molar-refractivity contribution in [1.29, 1.82) is 0 Å². The van der Waals surface area contributed by atoms with Gasteiger partial charge in [-0.25, -0.2) is 9.18 Å². The molecule has 0 unspecified atom stereocenters. The maximum Gasteiger partial charge on any atom is 0.328 e. The van der Waals surface area contributed by atoms with Gasteiger partial charge in [0.2, 0.25) is 11.8 Å². The Kier molecular flexibility index (Phi) is 9.12. The molecule has 1 aromatic carbocycles. The maximum absolute atomic E-state index is 13.0. The summed E-state index contributed by atoms with van der Waals surface area (Å²) in [6.07, 6.45) is 0.683. The molecule has 1 rings (SSSR count). The topological polar surface area (TPSA) is 102 Å². The highest BCUT2D eigenvalue weighted by Gasteiger charge is 2.27. The van der Waals surface area contributed by atoms with Crippen molar-refractivity contribution in [3.63, 3.8) is 0 Å². The Hall–Kier alpha value is -2.77. The first-order chi connectivity index (χ1) is 12.8. The maximum atomic E-state index is 13.0. The molecule has 1 aromatic rings. The smallest absolute Gasteiger partial charge is 0.328 e. The van der Waals surface area contributed by atoms with Gasteiger partial charge in [-0.3, -0.25) is 14.4 Å². The summed E-state index contributed by atoms with van der Waals surface area (Å²) in [7, 11) is 1.19. The van der Waals surface area contributed by atoms with E-state index in [0.29, 0.717) is 12.0 Å². The van der Waals surface area contributed by atoms with Crippen LogP contribution < -0.4 is 10.6 Å². The molecule has 0 aromatic heterocycles. The van der Waals surface area contributed by atoms with Crippen molar-refractivity contribution in [2.45, 2.75) is 51.6 Å².